The van der Waals surface area contributed by atoms with Crippen LogP contribution in [0.2, 0.25) is 0 Å². The van der Waals surface area contributed by atoms with Crippen molar-refractivity contribution in [2.24, 2.45) is 0 Å². The van der Waals surface area contributed by atoms with Gasteiger partial charge >= 0.3 is 5.97 Å². The molecule has 2 aromatic carbocycles. The first-order valence-corrected chi connectivity index (χ1v) is 10.6. The summed E-state index contributed by atoms with van der Waals surface area (Å²) >= 11 is 0. The van der Waals surface area contributed by atoms with E-state index in [-0.39, 0.29) is 18.0 Å². The zero-order valence-electron chi connectivity index (χ0n) is 19.4. The van der Waals surface area contributed by atoms with Crippen LogP contribution in [0.25, 0.3) is 22.5 Å². The fraction of sp³-hybridized carbons (Fsp3) is 0.292. The predicted molar refractivity (Wildman–Crippen MR) is 124 cm³/mol. The van der Waals surface area contributed by atoms with Crippen molar-refractivity contribution in [2.75, 3.05) is 14.2 Å². The first-order valence-electron chi connectivity index (χ1n) is 10.6. The van der Waals surface area contributed by atoms with Crippen LogP contribution < -0.4 is 0 Å². The first-order chi connectivity index (χ1) is 16.3. The highest BCUT2D eigenvalue weighted by molar-refractivity contribution is 5.89. The number of aromatic nitrogens is 6. The number of tetrazole rings is 1. The molecule has 0 unspecified atom stereocenters. The maximum absolute atomic E-state index is 12.6. The summed E-state index contributed by atoms with van der Waals surface area (Å²) in [4.78, 5) is 17.2. The molecular weight excluding hydrogens is 436 g/mol. The van der Waals surface area contributed by atoms with Gasteiger partial charge in [0.25, 0.3) is 0 Å². The van der Waals surface area contributed by atoms with Crippen molar-refractivity contribution in [3.05, 3.63) is 71.3 Å². The number of carbonyl (C=O) groups is 1. The van der Waals surface area contributed by atoms with Gasteiger partial charge in [0.05, 0.1) is 7.11 Å². The van der Waals surface area contributed by atoms with Gasteiger partial charge in [0, 0.05) is 19.2 Å². The molecule has 0 fully saturated rings. The maximum atomic E-state index is 12.6. The van der Waals surface area contributed by atoms with Gasteiger partial charge in [0.1, 0.15) is 23.7 Å². The molecule has 10 nitrogen and oxygen atoms in total. The third-order valence-electron chi connectivity index (χ3n) is 5.40. The van der Waals surface area contributed by atoms with Crippen molar-refractivity contribution in [3.63, 3.8) is 0 Å². The molecule has 0 saturated carbocycles. The molecule has 2 heterocycles. The Balaban J connectivity index is 1.71. The van der Waals surface area contributed by atoms with E-state index in [1.165, 1.54) is 7.11 Å². The van der Waals surface area contributed by atoms with E-state index in [1.807, 2.05) is 48.5 Å². The molecule has 0 spiro atoms. The van der Waals surface area contributed by atoms with Gasteiger partial charge in [-0.15, -0.1) is 10.2 Å². The molecule has 4 rings (SSSR count). The average molecular weight is 463 g/mol. The number of methoxy groups -OCH3 is 2. The van der Waals surface area contributed by atoms with Crippen LogP contribution in [-0.4, -0.2) is 55.5 Å². The van der Waals surface area contributed by atoms with Crippen LogP contribution in [0.5, 0.6) is 0 Å². The van der Waals surface area contributed by atoms with Gasteiger partial charge in [-0.1, -0.05) is 48.5 Å². The Hall–Kier alpha value is -3.89. The molecule has 0 bridgehead atoms. The Morgan fingerprint density at radius 2 is 1.79 bits per heavy atom. The maximum Gasteiger partial charge on any atom is 0.356 e. The van der Waals surface area contributed by atoms with Gasteiger partial charge in [-0.25, -0.2) is 9.78 Å². The average Bonchev–Trinajstić information content (AvgIpc) is 3.48. The minimum atomic E-state index is -1.33. The fourth-order valence-electron chi connectivity index (χ4n) is 3.82. The highest BCUT2D eigenvalue weighted by Crippen LogP contribution is 2.30. The second kappa shape index (κ2) is 9.54. The highest BCUT2D eigenvalue weighted by Gasteiger charge is 2.32. The number of esters is 1. The Morgan fingerprint density at radius 1 is 1.09 bits per heavy atom. The fourth-order valence-corrected chi connectivity index (χ4v) is 3.82. The summed E-state index contributed by atoms with van der Waals surface area (Å²) < 4.78 is 12.0. The van der Waals surface area contributed by atoms with E-state index in [1.54, 1.807) is 25.5 Å². The summed E-state index contributed by atoms with van der Waals surface area (Å²) in [5, 5.41) is 24.9. The quantitative estimate of drug-likeness (QED) is 0.383. The topological polar surface area (TPSA) is 128 Å². The van der Waals surface area contributed by atoms with Crippen molar-refractivity contribution in [2.45, 2.75) is 32.6 Å². The molecule has 176 valence electrons. The number of H-pyrrole nitrogens is 1. The number of hydrogen-bond acceptors (Lipinski definition) is 8. The zero-order chi connectivity index (χ0) is 24.3. The molecular formula is C24H26N6O4. The van der Waals surface area contributed by atoms with Gasteiger partial charge in [-0.2, -0.15) is 5.21 Å². The monoisotopic (exact) mass is 462 g/mol. The third-order valence-corrected chi connectivity index (χ3v) is 5.40. The van der Waals surface area contributed by atoms with Crippen LogP contribution in [-0.2, 0) is 28.2 Å². The molecule has 0 radical (unpaired) electrons. The lowest BCUT2D eigenvalue weighted by Crippen LogP contribution is -2.23. The Labute approximate surface area is 196 Å². The third kappa shape index (κ3) is 4.59. The number of hydrogen-bond donors (Lipinski definition) is 2. The molecule has 0 saturated heterocycles. The molecule has 2 N–H and O–H groups in total. The summed E-state index contributed by atoms with van der Waals surface area (Å²) in [5.41, 5.74) is 2.87. The number of carbonyl (C=O) groups excluding carboxylic acids is 1. The molecule has 0 aliphatic rings. The number of ether oxygens (including phenoxy) is 2. The highest BCUT2D eigenvalue weighted by atomic mass is 16.5. The van der Waals surface area contributed by atoms with Crippen LogP contribution in [0.15, 0.2) is 48.5 Å². The molecule has 2 aromatic heterocycles. The van der Waals surface area contributed by atoms with Crippen molar-refractivity contribution >= 4 is 5.97 Å². The van der Waals surface area contributed by atoms with E-state index in [2.05, 4.69) is 25.6 Å². The van der Waals surface area contributed by atoms with Crippen molar-refractivity contribution < 1.29 is 19.4 Å². The summed E-state index contributed by atoms with van der Waals surface area (Å²) in [6, 6.07) is 15.8. The molecule has 0 amide bonds. The molecule has 4 aromatic rings. The zero-order valence-corrected chi connectivity index (χ0v) is 19.4. The van der Waals surface area contributed by atoms with E-state index >= 15 is 0 Å². The number of imidazole rings is 1. The molecule has 34 heavy (non-hydrogen) atoms. The van der Waals surface area contributed by atoms with E-state index in [0.29, 0.717) is 18.2 Å². The Kier molecular flexibility index (Phi) is 6.53. The summed E-state index contributed by atoms with van der Waals surface area (Å²) in [6.07, 6.45) is 0. The van der Waals surface area contributed by atoms with E-state index in [9.17, 15) is 9.90 Å². The van der Waals surface area contributed by atoms with Crippen LogP contribution in [0.3, 0.4) is 0 Å². The van der Waals surface area contributed by atoms with Crippen LogP contribution in [0.1, 0.15) is 41.4 Å². The minimum absolute atomic E-state index is 0.177. The standard InChI is InChI=1S/C24H26N6O4/c1-24(2,32)21-20(23(31)34-4)30(19(25-21)14-33-3)13-15-9-11-16(12-10-15)17-7-5-6-8-18(17)22-26-28-29-27-22/h5-12,32H,13-14H2,1-4H3,(H,26,27,28,29). The molecule has 10 heteroatoms. The van der Waals surface area contributed by atoms with Gasteiger partial charge in [0.15, 0.2) is 5.69 Å². The summed E-state index contributed by atoms with van der Waals surface area (Å²) in [7, 11) is 2.86. The number of benzene rings is 2. The number of rotatable bonds is 8. The van der Waals surface area contributed by atoms with Crippen molar-refractivity contribution in [1.82, 2.24) is 30.2 Å². The van der Waals surface area contributed by atoms with Gasteiger partial charge in [-0.05, 0) is 35.8 Å². The van der Waals surface area contributed by atoms with Crippen LogP contribution in [0.4, 0.5) is 0 Å². The van der Waals surface area contributed by atoms with E-state index in [4.69, 9.17) is 9.47 Å². The number of nitrogens with one attached hydrogen (secondary N) is 1. The number of aromatic amines is 1. The molecule has 0 aliphatic heterocycles. The van der Waals surface area contributed by atoms with Crippen molar-refractivity contribution in [3.8, 4) is 22.5 Å². The lowest BCUT2D eigenvalue weighted by Gasteiger charge is -2.17. The predicted octanol–water partition coefficient (Wildman–Crippen LogP) is 2.94. The first kappa shape index (κ1) is 23.3. The second-order valence-electron chi connectivity index (χ2n) is 8.27. The van der Waals surface area contributed by atoms with E-state index < -0.39 is 11.6 Å². The van der Waals surface area contributed by atoms with Crippen LogP contribution >= 0.6 is 0 Å². The van der Waals surface area contributed by atoms with Gasteiger partial charge in [0.2, 0.25) is 5.82 Å². The molecule has 0 aliphatic carbocycles. The lowest BCUT2D eigenvalue weighted by atomic mass is 9.98. The second-order valence-corrected chi connectivity index (χ2v) is 8.27. The summed E-state index contributed by atoms with van der Waals surface area (Å²) in [6.45, 7) is 3.69. The minimum Gasteiger partial charge on any atom is -0.464 e. The Bertz CT molecular complexity index is 1270. The number of nitrogens with zero attached hydrogens (tertiary/aromatic N) is 5. The normalized spacial score (nSPS) is 11.6. The number of aliphatic hydroxyl groups is 1. The van der Waals surface area contributed by atoms with Crippen LogP contribution in [0, 0.1) is 0 Å². The van der Waals surface area contributed by atoms with Crippen molar-refractivity contribution in [1.29, 1.82) is 0 Å². The lowest BCUT2D eigenvalue weighted by molar-refractivity contribution is 0.0532. The largest absolute Gasteiger partial charge is 0.464 e. The smallest absolute Gasteiger partial charge is 0.356 e. The SMILES string of the molecule is COCc1nc(C(C)(C)O)c(C(=O)OC)n1Cc1ccc(-c2ccccc2-c2nn[nH]n2)cc1. The summed E-state index contributed by atoms with van der Waals surface area (Å²) in [5.74, 6) is 0.466. The Morgan fingerprint density at radius 3 is 2.38 bits per heavy atom. The molecule has 0 atom stereocenters. The van der Waals surface area contributed by atoms with E-state index in [0.717, 1.165) is 22.3 Å². The van der Waals surface area contributed by atoms with Gasteiger partial charge < -0.3 is 19.1 Å². The van der Waals surface area contributed by atoms with Gasteiger partial charge in [-0.3, -0.25) is 0 Å².